The molecule has 0 heterocycles. The average Bonchev–Trinajstić information content (AvgIpc) is 2.53. The molecular formula is C18H19N3O5. The summed E-state index contributed by atoms with van der Waals surface area (Å²) in [6, 6.07) is 11.8. The van der Waals surface area contributed by atoms with Crippen LogP contribution in [0.3, 0.4) is 0 Å². The standard InChI is InChI=1S/C18H19N3O5/c1-18(2,3)26-17(23)20-13-9-7-12(8-10-13)16(22)19-14-5-4-6-15(11-14)21(24)25/h4-11H,1-3H3,(H,19,22)(H,20,23). The number of nitro benzene ring substituents is 1. The van der Waals surface area contributed by atoms with Crippen LogP contribution in [0.5, 0.6) is 0 Å². The molecule has 136 valence electrons. The molecule has 0 saturated heterocycles. The van der Waals surface area contributed by atoms with E-state index in [9.17, 15) is 19.7 Å². The number of benzene rings is 2. The highest BCUT2D eigenvalue weighted by Crippen LogP contribution is 2.18. The van der Waals surface area contributed by atoms with Crippen LogP contribution in [0.25, 0.3) is 0 Å². The molecule has 0 bridgehead atoms. The van der Waals surface area contributed by atoms with Gasteiger partial charge in [-0.2, -0.15) is 0 Å². The maximum Gasteiger partial charge on any atom is 0.412 e. The average molecular weight is 357 g/mol. The third kappa shape index (κ3) is 5.59. The van der Waals surface area contributed by atoms with Crippen molar-refractivity contribution in [2.75, 3.05) is 10.6 Å². The first-order valence-corrected chi connectivity index (χ1v) is 7.80. The third-order valence-electron chi connectivity index (χ3n) is 3.11. The number of non-ortho nitro benzene ring substituents is 1. The highest BCUT2D eigenvalue weighted by atomic mass is 16.6. The Kier molecular flexibility index (Phi) is 5.56. The molecule has 2 rings (SSSR count). The summed E-state index contributed by atoms with van der Waals surface area (Å²) in [5, 5.41) is 15.9. The van der Waals surface area contributed by atoms with Crippen molar-refractivity contribution in [2.24, 2.45) is 0 Å². The van der Waals surface area contributed by atoms with Crippen molar-refractivity contribution in [1.29, 1.82) is 0 Å². The minimum Gasteiger partial charge on any atom is -0.444 e. The van der Waals surface area contributed by atoms with E-state index in [1.54, 1.807) is 39.0 Å². The van der Waals surface area contributed by atoms with E-state index < -0.39 is 22.5 Å². The molecule has 26 heavy (non-hydrogen) atoms. The van der Waals surface area contributed by atoms with Gasteiger partial charge in [0.15, 0.2) is 0 Å². The van der Waals surface area contributed by atoms with Gasteiger partial charge in [-0.15, -0.1) is 0 Å². The van der Waals surface area contributed by atoms with Crippen molar-refractivity contribution in [3.63, 3.8) is 0 Å². The van der Waals surface area contributed by atoms with Crippen molar-refractivity contribution in [2.45, 2.75) is 26.4 Å². The number of anilines is 2. The van der Waals surface area contributed by atoms with Gasteiger partial charge in [-0.05, 0) is 51.1 Å². The van der Waals surface area contributed by atoms with E-state index in [1.807, 2.05) is 0 Å². The molecule has 0 aromatic heterocycles. The molecule has 0 spiro atoms. The predicted octanol–water partition coefficient (Wildman–Crippen LogP) is 4.19. The lowest BCUT2D eigenvalue weighted by molar-refractivity contribution is -0.384. The lowest BCUT2D eigenvalue weighted by atomic mass is 10.2. The van der Waals surface area contributed by atoms with E-state index in [0.29, 0.717) is 16.9 Å². The smallest absolute Gasteiger partial charge is 0.412 e. The van der Waals surface area contributed by atoms with E-state index in [-0.39, 0.29) is 5.69 Å². The van der Waals surface area contributed by atoms with Gasteiger partial charge >= 0.3 is 6.09 Å². The van der Waals surface area contributed by atoms with Gasteiger partial charge in [-0.3, -0.25) is 20.2 Å². The second-order valence-corrected chi connectivity index (χ2v) is 6.47. The first-order valence-electron chi connectivity index (χ1n) is 7.80. The summed E-state index contributed by atoms with van der Waals surface area (Å²) in [6.45, 7) is 5.27. The molecule has 8 heteroatoms. The summed E-state index contributed by atoms with van der Waals surface area (Å²) in [7, 11) is 0. The van der Waals surface area contributed by atoms with Gasteiger partial charge in [0.05, 0.1) is 4.92 Å². The number of nitro groups is 1. The maximum atomic E-state index is 12.2. The number of ether oxygens (including phenoxy) is 1. The van der Waals surface area contributed by atoms with Crippen molar-refractivity contribution >= 4 is 29.1 Å². The number of rotatable bonds is 4. The zero-order valence-electron chi connectivity index (χ0n) is 14.6. The summed E-state index contributed by atoms with van der Waals surface area (Å²) in [5.41, 5.74) is 0.416. The van der Waals surface area contributed by atoms with E-state index in [4.69, 9.17) is 4.74 Å². The SMILES string of the molecule is CC(C)(C)OC(=O)Nc1ccc(C(=O)Nc2cccc([N+](=O)[O-])c2)cc1. The van der Waals surface area contributed by atoms with Gasteiger partial charge < -0.3 is 10.1 Å². The Labute approximate surface area is 150 Å². The molecule has 0 aliphatic heterocycles. The van der Waals surface area contributed by atoms with Gasteiger partial charge in [0.2, 0.25) is 0 Å². The molecule has 0 atom stereocenters. The van der Waals surface area contributed by atoms with Crippen LogP contribution in [0.4, 0.5) is 21.9 Å². The fourth-order valence-corrected chi connectivity index (χ4v) is 2.03. The topological polar surface area (TPSA) is 111 Å². The molecule has 0 aliphatic carbocycles. The van der Waals surface area contributed by atoms with E-state index in [0.717, 1.165) is 0 Å². The molecular weight excluding hydrogens is 338 g/mol. The maximum absolute atomic E-state index is 12.2. The summed E-state index contributed by atoms with van der Waals surface area (Å²) >= 11 is 0. The zero-order valence-corrected chi connectivity index (χ0v) is 14.6. The Morgan fingerprint density at radius 3 is 2.23 bits per heavy atom. The number of nitrogens with one attached hydrogen (secondary N) is 2. The monoisotopic (exact) mass is 357 g/mol. The van der Waals surface area contributed by atoms with Crippen molar-refractivity contribution in [1.82, 2.24) is 0 Å². The Bertz CT molecular complexity index is 825. The molecule has 0 saturated carbocycles. The molecule has 2 N–H and O–H groups in total. The van der Waals surface area contributed by atoms with Crippen LogP contribution in [0.2, 0.25) is 0 Å². The van der Waals surface area contributed by atoms with Crippen molar-refractivity contribution in [3.8, 4) is 0 Å². The van der Waals surface area contributed by atoms with E-state index in [1.165, 1.54) is 30.3 Å². The molecule has 2 amide bonds. The first kappa shape index (κ1) is 18.9. The third-order valence-corrected chi connectivity index (χ3v) is 3.11. The number of hydrogen-bond acceptors (Lipinski definition) is 5. The van der Waals surface area contributed by atoms with Crippen LogP contribution in [-0.2, 0) is 4.74 Å². The lowest BCUT2D eigenvalue weighted by Gasteiger charge is -2.19. The number of carbonyl (C=O) groups excluding carboxylic acids is 2. The van der Waals surface area contributed by atoms with Crippen LogP contribution in [0.15, 0.2) is 48.5 Å². The summed E-state index contributed by atoms with van der Waals surface area (Å²) < 4.78 is 5.14. The van der Waals surface area contributed by atoms with Crippen LogP contribution in [0.1, 0.15) is 31.1 Å². The molecule has 0 unspecified atom stereocenters. The van der Waals surface area contributed by atoms with Gasteiger partial charge in [0, 0.05) is 29.1 Å². The van der Waals surface area contributed by atoms with Crippen molar-refractivity contribution < 1.29 is 19.2 Å². The van der Waals surface area contributed by atoms with E-state index >= 15 is 0 Å². The molecule has 8 nitrogen and oxygen atoms in total. The number of nitrogens with zero attached hydrogens (tertiary/aromatic N) is 1. The Balaban J connectivity index is 2.01. The minimum absolute atomic E-state index is 0.111. The first-order chi connectivity index (χ1) is 12.1. The van der Waals surface area contributed by atoms with Gasteiger partial charge in [-0.1, -0.05) is 6.07 Å². The largest absolute Gasteiger partial charge is 0.444 e. The fourth-order valence-electron chi connectivity index (χ4n) is 2.03. The fraction of sp³-hybridized carbons (Fsp3) is 0.222. The summed E-state index contributed by atoms with van der Waals surface area (Å²) in [6.07, 6.45) is -0.591. The van der Waals surface area contributed by atoms with Crippen LogP contribution in [-0.4, -0.2) is 22.5 Å². The number of hydrogen-bond donors (Lipinski definition) is 2. The zero-order chi connectivity index (χ0) is 19.3. The quantitative estimate of drug-likeness (QED) is 0.629. The predicted molar refractivity (Wildman–Crippen MR) is 97.3 cm³/mol. The Hall–Kier alpha value is -3.42. The Morgan fingerprint density at radius 1 is 1.00 bits per heavy atom. The van der Waals surface area contributed by atoms with Gasteiger partial charge in [0.25, 0.3) is 11.6 Å². The second-order valence-electron chi connectivity index (χ2n) is 6.47. The molecule has 0 aliphatic rings. The lowest BCUT2D eigenvalue weighted by Crippen LogP contribution is -2.27. The molecule has 0 radical (unpaired) electrons. The second kappa shape index (κ2) is 7.64. The van der Waals surface area contributed by atoms with Gasteiger partial charge in [0.1, 0.15) is 5.60 Å². The van der Waals surface area contributed by atoms with Crippen LogP contribution < -0.4 is 10.6 Å². The number of carbonyl (C=O) groups is 2. The van der Waals surface area contributed by atoms with Crippen LogP contribution >= 0.6 is 0 Å². The normalized spacial score (nSPS) is 10.7. The Morgan fingerprint density at radius 2 is 1.65 bits per heavy atom. The molecule has 0 fully saturated rings. The van der Waals surface area contributed by atoms with E-state index in [2.05, 4.69) is 10.6 Å². The molecule has 2 aromatic carbocycles. The number of amides is 2. The minimum atomic E-state index is -0.609. The van der Waals surface area contributed by atoms with Crippen molar-refractivity contribution in [3.05, 3.63) is 64.2 Å². The summed E-state index contributed by atoms with van der Waals surface area (Å²) in [5.74, 6) is -0.422. The highest BCUT2D eigenvalue weighted by molar-refractivity contribution is 6.04. The molecule has 2 aromatic rings. The highest BCUT2D eigenvalue weighted by Gasteiger charge is 2.16. The van der Waals surface area contributed by atoms with Crippen LogP contribution in [0, 0.1) is 10.1 Å². The van der Waals surface area contributed by atoms with Gasteiger partial charge in [-0.25, -0.2) is 4.79 Å². The summed E-state index contributed by atoms with van der Waals surface area (Å²) in [4.78, 5) is 34.2.